The number of carbonyl (C=O) groups excluding carboxylic acids is 2. The number of hydrogen-bond acceptors (Lipinski definition) is 3. The zero-order valence-electron chi connectivity index (χ0n) is 9.26. The molecule has 0 radical (unpaired) electrons. The summed E-state index contributed by atoms with van der Waals surface area (Å²) in [6.07, 6.45) is 2.10. The van der Waals surface area contributed by atoms with E-state index < -0.39 is 17.6 Å². The molecule has 0 fully saturated rings. The van der Waals surface area contributed by atoms with Gasteiger partial charge in [-0.25, -0.2) is 9.18 Å². The van der Waals surface area contributed by atoms with Gasteiger partial charge in [-0.15, -0.1) is 0 Å². The minimum Gasteiger partial charge on any atom is -0.465 e. The lowest BCUT2D eigenvalue weighted by Crippen LogP contribution is -3.00. The summed E-state index contributed by atoms with van der Waals surface area (Å²) in [6.45, 7) is 1.18. The van der Waals surface area contributed by atoms with Gasteiger partial charge in [-0.3, -0.25) is 4.79 Å². The highest BCUT2D eigenvalue weighted by Gasteiger charge is 2.15. The van der Waals surface area contributed by atoms with Crippen molar-refractivity contribution >= 4 is 11.8 Å². The van der Waals surface area contributed by atoms with Gasteiger partial charge in [-0.05, 0) is 13.0 Å². The van der Waals surface area contributed by atoms with Crippen LogP contribution in [0.3, 0.4) is 0 Å². The molecule has 4 nitrogen and oxygen atoms in total. The van der Waals surface area contributed by atoms with Crippen molar-refractivity contribution in [3.63, 3.8) is 0 Å². The molecule has 5 heteroatoms. The Bertz CT molecular complexity index is 319. The van der Waals surface area contributed by atoms with E-state index in [0.29, 0.717) is 0 Å². The summed E-state index contributed by atoms with van der Waals surface area (Å²) >= 11 is 0. The minimum atomic E-state index is -0.834. The van der Waals surface area contributed by atoms with Gasteiger partial charge < -0.3 is 9.64 Å². The Balaban J connectivity index is 5.01. The monoisotopic (exact) mass is 216 g/mol. The number of methoxy groups -OCH3 is 1. The van der Waals surface area contributed by atoms with Crippen LogP contribution in [-0.4, -0.2) is 33.0 Å². The quantitative estimate of drug-likeness (QED) is 0.229. The summed E-state index contributed by atoms with van der Waals surface area (Å²) < 4.78 is 17.5. The van der Waals surface area contributed by atoms with Crippen molar-refractivity contribution in [3.8, 4) is 0 Å². The van der Waals surface area contributed by atoms with Gasteiger partial charge in [-0.2, -0.15) is 0 Å². The van der Waals surface area contributed by atoms with E-state index in [0.717, 1.165) is 18.1 Å². The van der Waals surface area contributed by atoms with E-state index in [2.05, 4.69) is 4.74 Å². The van der Waals surface area contributed by atoms with Crippen LogP contribution in [0.25, 0.3) is 0 Å². The van der Waals surface area contributed by atoms with Gasteiger partial charge in [0.15, 0.2) is 11.6 Å². The first-order valence-electron chi connectivity index (χ1n) is 4.36. The van der Waals surface area contributed by atoms with Crippen LogP contribution in [0.2, 0.25) is 0 Å². The summed E-state index contributed by atoms with van der Waals surface area (Å²) in [7, 11) is 4.55. The Labute approximate surface area is 88.0 Å². The molecule has 84 valence electrons. The summed E-state index contributed by atoms with van der Waals surface area (Å²) in [5.41, 5.74) is -0.299. The van der Waals surface area contributed by atoms with Crippen molar-refractivity contribution < 1.29 is 23.6 Å². The molecular weight excluding hydrogens is 201 g/mol. The fourth-order valence-corrected chi connectivity index (χ4v) is 0.870. The van der Waals surface area contributed by atoms with Crippen LogP contribution in [-0.2, 0) is 14.3 Å². The normalized spacial score (nSPS) is 12.9. The molecule has 0 atom stereocenters. The van der Waals surface area contributed by atoms with E-state index in [1.54, 1.807) is 14.1 Å². The largest absolute Gasteiger partial charge is 0.465 e. The number of carbonyl (C=O) groups is 2. The molecule has 0 amide bonds. The predicted molar refractivity (Wildman–Crippen MR) is 52.8 cm³/mol. The Morgan fingerprint density at radius 1 is 1.33 bits per heavy atom. The van der Waals surface area contributed by atoms with Crippen molar-refractivity contribution in [3.05, 3.63) is 23.7 Å². The lowest BCUT2D eigenvalue weighted by atomic mass is 10.1. The summed E-state index contributed by atoms with van der Waals surface area (Å²) in [6, 6.07) is 0. The van der Waals surface area contributed by atoms with E-state index in [1.165, 1.54) is 13.1 Å². The van der Waals surface area contributed by atoms with Gasteiger partial charge in [0.2, 0.25) is 0 Å². The molecule has 0 aromatic rings. The zero-order chi connectivity index (χ0) is 12.0. The molecular formula is C10H15FNO3+. The zero-order valence-corrected chi connectivity index (χ0v) is 9.26. The van der Waals surface area contributed by atoms with Crippen LogP contribution in [0.1, 0.15) is 6.92 Å². The summed E-state index contributed by atoms with van der Waals surface area (Å²) in [5, 5.41) is 0. The van der Waals surface area contributed by atoms with E-state index in [9.17, 15) is 14.0 Å². The van der Waals surface area contributed by atoms with Crippen molar-refractivity contribution in [2.45, 2.75) is 6.92 Å². The van der Waals surface area contributed by atoms with Crippen molar-refractivity contribution in [2.75, 3.05) is 21.2 Å². The van der Waals surface area contributed by atoms with Crippen molar-refractivity contribution in [2.24, 2.45) is 0 Å². The molecule has 0 bridgehead atoms. The highest BCUT2D eigenvalue weighted by Crippen LogP contribution is 2.05. The molecule has 0 rings (SSSR count). The maximum Gasteiger partial charge on any atom is 0.341 e. The average molecular weight is 216 g/mol. The lowest BCUT2D eigenvalue weighted by molar-refractivity contribution is -0.802. The predicted octanol–water partition coefficient (Wildman–Crippen LogP) is -0.370. The van der Waals surface area contributed by atoms with Crippen LogP contribution >= 0.6 is 0 Å². The number of quaternary nitrogens is 1. The van der Waals surface area contributed by atoms with Gasteiger partial charge in [0, 0.05) is 0 Å². The Morgan fingerprint density at radius 2 is 1.87 bits per heavy atom. The minimum absolute atomic E-state index is 0.299. The van der Waals surface area contributed by atoms with Crippen LogP contribution < -0.4 is 4.90 Å². The average Bonchev–Trinajstić information content (AvgIpc) is 2.11. The highest BCUT2D eigenvalue weighted by molar-refractivity contribution is 6.16. The fraction of sp³-hybridized carbons (Fsp3) is 0.400. The fourth-order valence-electron chi connectivity index (χ4n) is 0.870. The summed E-state index contributed by atoms with van der Waals surface area (Å²) in [5.74, 6) is -2.01. The third-order valence-electron chi connectivity index (χ3n) is 1.49. The van der Waals surface area contributed by atoms with Gasteiger partial charge in [0.25, 0.3) is 0 Å². The van der Waals surface area contributed by atoms with E-state index >= 15 is 0 Å². The molecule has 0 aromatic carbocycles. The van der Waals surface area contributed by atoms with Gasteiger partial charge >= 0.3 is 5.97 Å². The molecule has 15 heavy (non-hydrogen) atoms. The molecule has 0 aliphatic heterocycles. The van der Waals surface area contributed by atoms with Gasteiger partial charge in [-0.1, -0.05) is 0 Å². The number of allylic oxidation sites excluding steroid dienone is 2. The molecule has 0 saturated heterocycles. The second-order valence-electron chi connectivity index (χ2n) is 3.21. The van der Waals surface area contributed by atoms with Crippen LogP contribution in [0.5, 0.6) is 0 Å². The Kier molecular flexibility index (Phi) is 5.48. The van der Waals surface area contributed by atoms with E-state index in [4.69, 9.17) is 0 Å². The molecule has 1 N–H and O–H groups in total. The Morgan fingerprint density at radius 3 is 2.20 bits per heavy atom. The molecule has 0 aliphatic carbocycles. The van der Waals surface area contributed by atoms with Gasteiger partial charge in [0.05, 0.1) is 21.2 Å². The molecule has 0 aliphatic rings. The number of ether oxygens (including phenoxy) is 1. The smallest absolute Gasteiger partial charge is 0.341 e. The van der Waals surface area contributed by atoms with Crippen LogP contribution in [0.15, 0.2) is 23.7 Å². The van der Waals surface area contributed by atoms with Crippen LogP contribution in [0, 0.1) is 0 Å². The molecule has 0 unspecified atom stereocenters. The highest BCUT2D eigenvalue weighted by atomic mass is 19.1. The first kappa shape index (κ1) is 13.5. The first-order valence-corrected chi connectivity index (χ1v) is 4.36. The third kappa shape index (κ3) is 5.07. The van der Waals surface area contributed by atoms with E-state index in [1.807, 2.05) is 0 Å². The SMILES string of the molecule is COC(=O)C(=CC(F)=C[NH+](C)C)C(C)=O. The molecule has 0 saturated carbocycles. The maximum atomic E-state index is 13.2. The van der Waals surface area contributed by atoms with Gasteiger partial charge in [0.1, 0.15) is 11.8 Å². The molecule has 0 heterocycles. The topological polar surface area (TPSA) is 47.8 Å². The number of rotatable bonds is 4. The number of hydrogen-bond donors (Lipinski definition) is 1. The summed E-state index contributed by atoms with van der Waals surface area (Å²) in [4.78, 5) is 22.8. The number of nitrogens with one attached hydrogen (secondary N) is 1. The number of ketones is 1. The van der Waals surface area contributed by atoms with Crippen molar-refractivity contribution in [1.29, 1.82) is 0 Å². The second-order valence-corrected chi connectivity index (χ2v) is 3.21. The Hall–Kier alpha value is -1.49. The van der Waals surface area contributed by atoms with Crippen LogP contribution in [0.4, 0.5) is 4.39 Å². The standard InChI is InChI=1S/C10H14FNO3/c1-7(13)9(10(14)15-4)5-8(11)6-12(2)3/h5-6H,1-4H3/p+1. The third-order valence-corrected chi connectivity index (χ3v) is 1.49. The second kappa shape index (κ2) is 6.08. The first-order chi connectivity index (χ1) is 6.88. The van der Waals surface area contributed by atoms with Crippen molar-refractivity contribution in [1.82, 2.24) is 0 Å². The number of halogens is 1. The van der Waals surface area contributed by atoms with E-state index in [-0.39, 0.29) is 5.57 Å². The molecule has 0 aromatic heterocycles. The number of Topliss-reactive ketones (excluding diaryl/α,β-unsaturated/α-hetero) is 1. The maximum absolute atomic E-state index is 13.2. The lowest BCUT2D eigenvalue weighted by Gasteiger charge is -2.01. The molecule has 0 spiro atoms. The number of esters is 1.